The Kier molecular flexibility index (Phi) is 6.40. The molecule has 7 heteroatoms. The zero-order valence-electron chi connectivity index (χ0n) is 20.4. The highest BCUT2D eigenvalue weighted by Crippen LogP contribution is 2.39. The molecule has 0 amide bonds. The van der Waals surface area contributed by atoms with Gasteiger partial charge in [0.15, 0.2) is 15.6 Å². The molecule has 0 aliphatic heterocycles. The second-order valence-electron chi connectivity index (χ2n) is 9.38. The number of Topliss-reactive ketones (excluding diaryl/α,β-unsaturated/α-hetero) is 1. The lowest BCUT2D eigenvalue weighted by molar-refractivity contribution is 0.0987. The lowest BCUT2D eigenvalue weighted by Crippen LogP contribution is -2.22. The van der Waals surface area contributed by atoms with Crippen LogP contribution >= 0.6 is 0 Å². The highest BCUT2D eigenvalue weighted by atomic mass is 32.2. The monoisotopic (exact) mass is 494 g/mol. The minimum Gasteiger partial charge on any atom is -0.422 e. The summed E-state index contributed by atoms with van der Waals surface area (Å²) in [6, 6.07) is 10.2. The first-order valence-corrected chi connectivity index (χ1v) is 13.3. The number of carbonyl (C=O) groups excluding carboxylic acids is 1. The van der Waals surface area contributed by atoms with Crippen molar-refractivity contribution in [3.8, 4) is 0 Å². The van der Waals surface area contributed by atoms with Crippen molar-refractivity contribution in [3.05, 3.63) is 108 Å². The molecule has 1 heterocycles. The Morgan fingerprint density at radius 1 is 0.971 bits per heavy atom. The van der Waals surface area contributed by atoms with E-state index in [0.29, 0.717) is 27.8 Å². The van der Waals surface area contributed by atoms with Crippen LogP contribution in [-0.4, -0.2) is 20.5 Å². The molecule has 2 aromatic carbocycles. The fourth-order valence-corrected chi connectivity index (χ4v) is 5.58. The average molecular weight is 495 g/mol. The summed E-state index contributed by atoms with van der Waals surface area (Å²) >= 11 is 0. The van der Waals surface area contributed by atoms with E-state index < -0.39 is 21.3 Å². The number of hydrogen-bond acceptors (Lipinski definition) is 5. The van der Waals surface area contributed by atoms with E-state index in [9.17, 15) is 22.4 Å². The number of benzene rings is 2. The number of halogens is 1. The molecule has 1 aromatic heterocycles. The maximum Gasteiger partial charge on any atom is 0.339 e. The number of allylic oxidation sites excluding steroid dienone is 1. The average Bonchev–Trinajstić information content (AvgIpc) is 2.74. The third kappa shape index (κ3) is 4.78. The van der Waals surface area contributed by atoms with Gasteiger partial charge in [-0.05, 0) is 67.1 Å². The maximum absolute atomic E-state index is 14.7. The van der Waals surface area contributed by atoms with Gasteiger partial charge in [0.2, 0.25) is 0 Å². The summed E-state index contributed by atoms with van der Waals surface area (Å²) < 4.78 is 44.3. The van der Waals surface area contributed by atoms with Gasteiger partial charge in [0, 0.05) is 30.2 Å². The summed E-state index contributed by atoms with van der Waals surface area (Å²) in [4.78, 5) is 26.2. The van der Waals surface area contributed by atoms with E-state index >= 15 is 0 Å². The predicted molar refractivity (Wildman–Crippen MR) is 134 cm³/mol. The molecule has 0 radical (unpaired) electrons. The van der Waals surface area contributed by atoms with Crippen LogP contribution in [0, 0.1) is 26.6 Å². The molecule has 4 rings (SSSR count). The Morgan fingerprint density at radius 3 is 2.34 bits per heavy atom. The van der Waals surface area contributed by atoms with Crippen LogP contribution in [-0.2, 0) is 22.0 Å². The van der Waals surface area contributed by atoms with Crippen LogP contribution < -0.4 is 5.63 Å². The molecule has 182 valence electrons. The fraction of sp³-hybridized carbons (Fsp3) is 0.286. The normalized spacial score (nSPS) is 13.8. The lowest BCUT2D eigenvalue weighted by atomic mass is 9.80. The van der Waals surface area contributed by atoms with Crippen LogP contribution in [0.25, 0.3) is 5.57 Å². The molecule has 0 fully saturated rings. The maximum atomic E-state index is 14.7. The first-order chi connectivity index (χ1) is 16.4. The van der Waals surface area contributed by atoms with E-state index in [1.165, 1.54) is 12.3 Å². The molecule has 0 saturated carbocycles. The second kappa shape index (κ2) is 9.04. The minimum atomic E-state index is -3.27. The van der Waals surface area contributed by atoms with Crippen molar-refractivity contribution in [2.75, 3.05) is 6.26 Å². The molecule has 1 aliphatic rings. The summed E-state index contributed by atoms with van der Waals surface area (Å²) in [5, 5.41) is 0. The number of aryl methyl sites for hydroxylation is 1. The highest BCUT2D eigenvalue weighted by molar-refractivity contribution is 7.89. The van der Waals surface area contributed by atoms with Gasteiger partial charge in [0.05, 0.1) is 11.3 Å². The highest BCUT2D eigenvalue weighted by Gasteiger charge is 2.32. The summed E-state index contributed by atoms with van der Waals surface area (Å²) in [5.74, 6) is -0.552. The summed E-state index contributed by atoms with van der Waals surface area (Å²) in [6.45, 7) is 7.00. The van der Waals surface area contributed by atoms with Gasteiger partial charge in [-0.15, -0.1) is 0 Å². The Balaban J connectivity index is 1.95. The third-order valence-corrected chi connectivity index (χ3v) is 7.39. The summed E-state index contributed by atoms with van der Waals surface area (Å²) in [6.07, 6.45) is 1.38. The molecule has 0 spiro atoms. The quantitative estimate of drug-likeness (QED) is 0.484. The second-order valence-corrected chi connectivity index (χ2v) is 11.5. The molecule has 0 bridgehead atoms. The fourth-order valence-electron chi connectivity index (χ4n) is 4.70. The van der Waals surface area contributed by atoms with Crippen molar-refractivity contribution in [1.29, 1.82) is 0 Å². The Hall–Kier alpha value is -3.32. The van der Waals surface area contributed by atoms with E-state index in [-0.39, 0.29) is 41.3 Å². The van der Waals surface area contributed by atoms with Crippen LogP contribution in [0.5, 0.6) is 0 Å². The molecule has 0 atom stereocenters. The first kappa shape index (κ1) is 24.8. The smallest absolute Gasteiger partial charge is 0.339 e. The van der Waals surface area contributed by atoms with Crippen LogP contribution in [0.15, 0.2) is 51.2 Å². The topological polar surface area (TPSA) is 81.4 Å². The third-order valence-electron chi connectivity index (χ3n) is 6.55. The zero-order valence-corrected chi connectivity index (χ0v) is 21.2. The van der Waals surface area contributed by atoms with Gasteiger partial charge in [-0.25, -0.2) is 17.6 Å². The van der Waals surface area contributed by atoms with Crippen LogP contribution in [0.2, 0.25) is 0 Å². The standard InChI is InChI=1S/C28H27FO5S/c1-15-9-10-19(23(29)11-15)13-22-18(4)28(31)34-27-25(16(2)12-24(30)26(22)27)21-8-6-7-20(17(21)3)14-35(5,32)33/h6-11H,12-14H2,1-5H3. The van der Waals surface area contributed by atoms with Gasteiger partial charge in [0.25, 0.3) is 0 Å². The van der Waals surface area contributed by atoms with E-state index in [1.54, 1.807) is 45.0 Å². The Morgan fingerprint density at radius 2 is 1.69 bits per heavy atom. The number of fused-ring (bicyclic) bond motifs is 1. The number of sulfone groups is 1. The molecular formula is C28H27FO5S. The van der Waals surface area contributed by atoms with Gasteiger partial charge < -0.3 is 4.42 Å². The van der Waals surface area contributed by atoms with Crippen molar-refractivity contribution in [3.63, 3.8) is 0 Å². The Bertz CT molecular complexity index is 1580. The first-order valence-electron chi connectivity index (χ1n) is 11.3. The van der Waals surface area contributed by atoms with Crippen LogP contribution in [0.3, 0.4) is 0 Å². The van der Waals surface area contributed by atoms with E-state index in [2.05, 4.69) is 0 Å². The van der Waals surface area contributed by atoms with Crippen molar-refractivity contribution in [2.45, 2.75) is 46.3 Å². The molecule has 0 N–H and O–H groups in total. The SMILES string of the molecule is CC1=C(c2cccc(CS(C)(=O)=O)c2C)c2oc(=O)c(C)c(Cc3ccc(C)cc3F)c2C(=O)C1. The predicted octanol–water partition coefficient (Wildman–Crippen LogP) is 5.25. The summed E-state index contributed by atoms with van der Waals surface area (Å²) in [5.41, 5.74) is 5.01. The van der Waals surface area contributed by atoms with Crippen LogP contribution in [0.1, 0.15) is 68.4 Å². The van der Waals surface area contributed by atoms with Crippen molar-refractivity contribution >= 4 is 21.2 Å². The van der Waals surface area contributed by atoms with Gasteiger partial charge in [-0.1, -0.05) is 35.9 Å². The van der Waals surface area contributed by atoms with Gasteiger partial charge in [-0.2, -0.15) is 0 Å². The molecule has 3 aromatic rings. The van der Waals surface area contributed by atoms with Gasteiger partial charge in [-0.3, -0.25) is 4.79 Å². The molecule has 1 aliphatic carbocycles. The van der Waals surface area contributed by atoms with E-state index in [4.69, 9.17) is 4.42 Å². The van der Waals surface area contributed by atoms with Crippen LogP contribution in [0.4, 0.5) is 4.39 Å². The van der Waals surface area contributed by atoms with Gasteiger partial charge >= 0.3 is 5.63 Å². The molecule has 0 unspecified atom stereocenters. The van der Waals surface area contributed by atoms with E-state index in [1.807, 2.05) is 13.0 Å². The Labute approximate surface area is 204 Å². The van der Waals surface area contributed by atoms with Gasteiger partial charge in [0.1, 0.15) is 11.6 Å². The molecular weight excluding hydrogens is 467 g/mol. The minimum absolute atomic E-state index is 0.0804. The van der Waals surface area contributed by atoms with Crippen molar-refractivity contribution < 1.29 is 22.0 Å². The molecule has 35 heavy (non-hydrogen) atoms. The molecule has 0 saturated heterocycles. The zero-order chi connectivity index (χ0) is 25.7. The number of ketones is 1. The number of rotatable bonds is 5. The van der Waals surface area contributed by atoms with Crippen molar-refractivity contribution in [2.24, 2.45) is 0 Å². The lowest BCUT2D eigenvalue weighted by Gasteiger charge is -2.24. The number of carbonyl (C=O) groups is 1. The largest absolute Gasteiger partial charge is 0.422 e. The number of hydrogen-bond donors (Lipinski definition) is 0. The molecule has 5 nitrogen and oxygen atoms in total. The summed E-state index contributed by atoms with van der Waals surface area (Å²) in [7, 11) is -3.27. The van der Waals surface area contributed by atoms with Crippen molar-refractivity contribution in [1.82, 2.24) is 0 Å². The van der Waals surface area contributed by atoms with E-state index in [0.717, 1.165) is 16.7 Å².